The van der Waals surface area contributed by atoms with Gasteiger partial charge in [-0.2, -0.15) is 0 Å². The van der Waals surface area contributed by atoms with Crippen LogP contribution in [-0.4, -0.2) is 11.2 Å². The average molecular weight is 194 g/mol. The van der Waals surface area contributed by atoms with Crippen molar-refractivity contribution in [2.24, 2.45) is 0 Å². The lowest BCUT2D eigenvalue weighted by molar-refractivity contribution is 0.163. The zero-order valence-electron chi connectivity index (χ0n) is 8.33. The number of aliphatic hydroxyl groups is 1. The van der Waals surface area contributed by atoms with Crippen LogP contribution in [0.2, 0.25) is 0 Å². The molecular weight excluding hydrogens is 179 g/mol. The number of hydrogen-bond acceptors (Lipinski definition) is 1. The molecule has 0 aliphatic heterocycles. The average Bonchev–Trinajstić information content (AvgIpc) is 2.49. The predicted octanol–water partition coefficient (Wildman–Crippen LogP) is 2.76. The highest BCUT2D eigenvalue weighted by Crippen LogP contribution is 2.35. The van der Waals surface area contributed by atoms with E-state index in [1.165, 1.54) is 6.07 Å². The third-order valence-corrected chi connectivity index (χ3v) is 2.97. The van der Waals surface area contributed by atoms with Crippen LogP contribution in [-0.2, 0) is 0 Å². The van der Waals surface area contributed by atoms with E-state index in [9.17, 15) is 9.50 Å². The normalized spacial score (nSPS) is 26.8. The quantitative estimate of drug-likeness (QED) is 0.728. The van der Waals surface area contributed by atoms with Crippen LogP contribution in [0.5, 0.6) is 0 Å². The maximum absolute atomic E-state index is 13.1. The minimum atomic E-state index is -0.281. The van der Waals surface area contributed by atoms with Crippen LogP contribution in [0.25, 0.3) is 0 Å². The van der Waals surface area contributed by atoms with Crippen molar-refractivity contribution in [1.82, 2.24) is 0 Å². The van der Waals surface area contributed by atoms with Crippen LogP contribution in [0, 0.1) is 12.7 Å². The third kappa shape index (κ3) is 1.80. The molecule has 1 saturated carbocycles. The Morgan fingerprint density at radius 3 is 2.64 bits per heavy atom. The summed E-state index contributed by atoms with van der Waals surface area (Å²) in [5.74, 6) is -0.0523. The van der Waals surface area contributed by atoms with Gasteiger partial charge in [0.05, 0.1) is 6.10 Å². The molecule has 1 N–H and O–H groups in total. The number of aryl methyl sites for hydroxylation is 1. The van der Waals surface area contributed by atoms with Gasteiger partial charge >= 0.3 is 0 Å². The van der Waals surface area contributed by atoms with E-state index in [2.05, 4.69) is 0 Å². The van der Waals surface area contributed by atoms with Crippen LogP contribution < -0.4 is 0 Å². The Labute approximate surface area is 83.6 Å². The molecule has 2 atom stereocenters. The minimum Gasteiger partial charge on any atom is -0.392 e. The molecule has 0 unspecified atom stereocenters. The van der Waals surface area contributed by atoms with Crippen molar-refractivity contribution in [3.63, 3.8) is 0 Å². The lowest BCUT2D eigenvalue weighted by atomic mass is 9.94. The molecule has 0 radical (unpaired) electrons. The van der Waals surface area contributed by atoms with Crippen molar-refractivity contribution in [2.75, 3.05) is 0 Å². The van der Waals surface area contributed by atoms with Crippen molar-refractivity contribution in [3.05, 3.63) is 35.1 Å². The molecule has 76 valence electrons. The number of rotatable bonds is 1. The third-order valence-electron chi connectivity index (χ3n) is 2.97. The van der Waals surface area contributed by atoms with Crippen LogP contribution in [0.3, 0.4) is 0 Å². The molecule has 0 bridgehead atoms. The highest BCUT2D eigenvalue weighted by molar-refractivity contribution is 5.28. The second-order valence-corrected chi connectivity index (χ2v) is 4.17. The van der Waals surface area contributed by atoms with Crippen LogP contribution in [0.4, 0.5) is 4.39 Å². The molecular formula is C12H15FO. The van der Waals surface area contributed by atoms with Gasteiger partial charge in [0.25, 0.3) is 0 Å². The zero-order valence-corrected chi connectivity index (χ0v) is 8.33. The molecule has 1 nitrogen and oxygen atoms in total. The van der Waals surface area contributed by atoms with E-state index < -0.39 is 0 Å². The Morgan fingerprint density at radius 2 is 2.07 bits per heavy atom. The fourth-order valence-corrected chi connectivity index (χ4v) is 2.31. The molecule has 14 heavy (non-hydrogen) atoms. The molecule has 2 heteroatoms. The maximum atomic E-state index is 13.1. The first kappa shape index (κ1) is 9.66. The highest BCUT2D eigenvalue weighted by Gasteiger charge is 2.26. The number of halogens is 1. The summed E-state index contributed by atoms with van der Waals surface area (Å²) >= 11 is 0. The highest BCUT2D eigenvalue weighted by atomic mass is 19.1. The lowest BCUT2D eigenvalue weighted by Gasteiger charge is -2.15. The van der Waals surface area contributed by atoms with Gasteiger partial charge in [0.2, 0.25) is 0 Å². The second kappa shape index (κ2) is 3.70. The first-order valence-corrected chi connectivity index (χ1v) is 5.12. The summed E-state index contributed by atoms with van der Waals surface area (Å²) in [7, 11) is 0. The van der Waals surface area contributed by atoms with Crippen molar-refractivity contribution in [1.29, 1.82) is 0 Å². The van der Waals surface area contributed by atoms with Gasteiger partial charge in [0.1, 0.15) is 5.82 Å². The standard InChI is InChI=1S/C12H15FO/c1-8-5-9(7-10(13)6-8)11-3-2-4-12(11)14/h5-7,11-12,14H,2-4H2,1H3/t11-,12+/m1/s1. The Hall–Kier alpha value is -0.890. The Balaban J connectivity index is 2.31. The Morgan fingerprint density at radius 1 is 1.29 bits per heavy atom. The summed E-state index contributed by atoms with van der Waals surface area (Å²) < 4.78 is 13.1. The molecule has 0 spiro atoms. The monoisotopic (exact) mass is 194 g/mol. The minimum absolute atomic E-state index is 0.143. The van der Waals surface area contributed by atoms with E-state index in [4.69, 9.17) is 0 Å². The topological polar surface area (TPSA) is 20.2 Å². The zero-order chi connectivity index (χ0) is 10.1. The predicted molar refractivity (Wildman–Crippen MR) is 53.7 cm³/mol. The fourth-order valence-electron chi connectivity index (χ4n) is 2.31. The van der Waals surface area contributed by atoms with E-state index in [0.29, 0.717) is 0 Å². The molecule has 1 aromatic carbocycles. The number of hydrogen-bond donors (Lipinski definition) is 1. The molecule has 1 aromatic rings. The molecule has 1 aliphatic rings. The molecule has 0 heterocycles. The fraction of sp³-hybridized carbons (Fsp3) is 0.500. The smallest absolute Gasteiger partial charge is 0.123 e. The van der Waals surface area contributed by atoms with Gasteiger partial charge in [0.15, 0.2) is 0 Å². The van der Waals surface area contributed by atoms with Crippen molar-refractivity contribution in [2.45, 2.75) is 38.2 Å². The summed E-state index contributed by atoms with van der Waals surface area (Å²) in [6.45, 7) is 1.88. The Bertz CT molecular complexity index is 315. The Kier molecular flexibility index (Phi) is 2.55. The van der Waals surface area contributed by atoms with Crippen molar-refractivity contribution in [3.8, 4) is 0 Å². The molecule has 1 aliphatic carbocycles. The van der Waals surface area contributed by atoms with Crippen molar-refractivity contribution < 1.29 is 9.50 Å². The van der Waals surface area contributed by atoms with Crippen LogP contribution in [0.15, 0.2) is 18.2 Å². The molecule has 1 fully saturated rings. The van der Waals surface area contributed by atoms with Gasteiger partial charge in [-0.05, 0) is 43.0 Å². The lowest BCUT2D eigenvalue weighted by Crippen LogP contribution is -2.11. The van der Waals surface area contributed by atoms with Gasteiger partial charge in [0, 0.05) is 5.92 Å². The second-order valence-electron chi connectivity index (χ2n) is 4.17. The first-order valence-electron chi connectivity index (χ1n) is 5.12. The van der Waals surface area contributed by atoms with Crippen molar-refractivity contribution >= 4 is 0 Å². The first-order chi connectivity index (χ1) is 6.66. The van der Waals surface area contributed by atoms with E-state index in [1.807, 2.05) is 13.0 Å². The summed E-state index contributed by atoms with van der Waals surface area (Å²) in [5, 5.41) is 9.70. The number of aliphatic hydroxyl groups excluding tert-OH is 1. The SMILES string of the molecule is Cc1cc(F)cc([C@H]2CCC[C@@H]2O)c1. The maximum Gasteiger partial charge on any atom is 0.123 e. The van der Waals surface area contributed by atoms with Gasteiger partial charge in [-0.15, -0.1) is 0 Å². The van der Waals surface area contributed by atoms with Crippen LogP contribution in [0.1, 0.15) is 36.3 Å². The largest absolute Gasteiger partial charge is 0.392 e. The van der Waals surface area contributed by atoms with Gasteiger partial charge in [-0.3, -0.25) is 0 Å². The summed E-state index contributed by atoms with van der Waals surface area (Å²) in [5.41, 5.74) is 1.88. The van der Waals surface area contributed by atoms with E-state index in [1.54, 1.807) is 6.07 Å². The molecule has 0 saturated heterocycles. The number of benzene rings is 1. The van der Waals surface area contributed by atoms with E-state index in [0.717, 1.165) is 30.4 Å². The van der Waals surface area contributed by atoms with E-state index >= 15 is 0 Å². The summed E-state index contributed by atoms with van der Waals surface area (Å²) in [4.78, 5) is 0. The summed E-state index contributed by atoms with van der Waals surface area (Å²) in [6.07, 6.45) is 2.59. The molecule has 2 rings (SSSR count). The summed E-state index contributed by atoms with van der Waals surface area (Å²) in [6, 6.07) is 5.04. The molecule has 0 aromatic heterocycles. The van der Waals surface area contributed by atoms with Gasteiger partial charge in [-0.1, -0.05) is 12.5 Å². The molecule has 0 amide bonds. The van der Waals surface area contributed by atoms with Gasteiger partial charge < -0.3 is 5.11 Å². The van der Waals surface area contributed by atoms with Gasteiger partial charge in [-0.25, -0.2) is 4.39 Å². The van der Waals surface area contributed by atoms with Crippen LogP contribution >= 0.6 is 0 Å². The van der Waals surface area contributed by atoms with E-state index in [-0.39, 0.29) is 17.8 Å².